The summed E-state index contributed by atoms with van der Waals surface area (Å²) in [6.45, 7) is 6.89. The van der Waals surface area contributed by atoms with Crippen molar-refractivity contribution in [1.82, 2.24) is 0 Å². The summed E-state index contributed by atoms with van der Waals surface area (Å²) in [5, 5.41) is 0. The molecule has 0 amide bonds. The van der Waals surface area contributed by atoms with Crippen molar-refractivity contribution in [1.29, 1.82) is 0 Å². The average molecular weight is 267 g/mol. The number of benzene rings is 2. The van der Waals surface area contributed by atoms with Crippen LogP contribution in [0.3, 0.4) is 0 Å². The lowest BCUT2D eigenvalue weighted by Crippen LogP contribution is -2.44. The highest BCUT2D eigenvalue weighted by molar-refractivity contribution is 5.65. The highest BCUT2D eigenvalue weighted by Crippen LogP contribution is 2.39. The van der Waals surface area contributed by atoms with Crippen LogP contribution < -0.4 is 4.90 Å². The van der Waals surface area contributed by atoms with E-state index in [9.17, 15) is 0 Å². The molecule has 0 aromatic heterocycles. The third-order valence-corrected chi connectivity index (χ3v) is 4.48. The molecule has 106 valence electrons. The lowest BCUT2D eigenvalue weighted by Gasteiger charge is -2.44. The maximum absolute atomic E-state index is 2.52. The van der Waals surface area contributed by atoms with Gasteiger partial charge in [0.2, 0.25) is 0 Å². The Hall–Kier alpha value is -1.76. The van der Waals surface area contributed by atoms with Gasteiger partial charge in [0.15, 0.2) is 0 Å². The number of para-hydroxylation sites is 2. The van der Waals surface area contributed by atoms with Crippen molar-refractivity contribution in [3.8, 4) is 0 Å². The fraction of sp³-hybridized carbons (Fsp3) is 0.368. The molecule has 0 saturated heterocycles. The molecule has 1 heteroatoms. The molecule has 1 nitrogen and oxygen atoms in total. The molecule has 0 bridgehead atoms. The van der Waals surface area contributed by atoms with Gasteiger partial charge in [0, 0.05) is 16.9 Å². The van der Waals surface area contributed by atoms with Crippen molar-refractivity contribution in [2.24, 2.45) is 0 Å². The first-order valence-corrected chi connectivity index (χ1v) is 7.67. The molecule has 0 aliphatic heterocycles. The van der Waals surface area contributed by atoms with Crippen LogP contribution in [-0.2, 0) is 0 Å². The Morgan fingerprint density at radius 1 is 0.650 bits per heavy atom. The van der Waals surface area contributed by atoms with Gasteiger partial charge in [-0.15, -0.1) is 0 Å². The summed E-state index contributed by atoms with van der Waals surface area (Å²) < 4.78 is 0. The Morgan fingerprint density at radius 2 is 1.00 bits per heavy atom. The summed E-state index contributed by atoms with van der Waals surface area (Å²) in [7, 11) is 0. The zero-order chi connectivity index (χ0) is 14.4. The second kappa shape index (κ2) is 6.60. The van der Waals surface area contributed by atoms with Crippen LogP contribution in [-0.4, -0.2) is 5.54 Å². The second-order valence-electron chi connectivity index (χ2n) is 5.29. The molecule has 2 aromatic rings. The zero-order valence-electron chi connectivity index (χ0n) is 12.8. The lowest BCUT2D eigenvalue weighted by molar-refractivity contribution is 0.375. The Morgan fingerprint density at radius 3 is 1.30 bits per heavy atom. The van der Waals surface area contributed by atoms with Crippen molar-refractivity contribution >= 4 is 11.4 Å². The maximum atomic E-state index is 2.52. The van der Waals surface area contributed by atoms with E-state index >= 15 is 0 Å². The molecule has 0 radical (unpaired) electrons. The Balaban J connectivity index is 2.55. The zero-order valence-corrected chi connectivity index (χ0v) is 12.8. The van der Waals surface area contributed by atoms with Gasteiger partial charge in [-0.05, 0) is 43.5 Å². The van der Waals surface area contributed by atoms with Crippen LogP contribution in [0.15, 0.2) is 60.7 Å². The van der Waals surface area contributed by atoms with Gasteiger partial charge < -0.3 is 4.90 Å². The predicted molar refractivity (Wildman–Crippen MR) is 88.6 cm³/mol. The number of nitrogens with zero attached hydrogens (tertiary/aromatic N) is 1. The van der Waals surface area contributed by atoms with E-state index in [4.69, 9.17) is 0 Å². The Labute approximate surface area is 123 Å². The molecule has 0 atom stereocenters. The van der Waals surface area contributed by atoms with Gasteiger partial charge in [-0.2, -0.15) is 0 Å². The van der Waals surface area contributed by atoms with Gasteiger partial charge in [0.1, 0.15) is 0 Å². The van der Waals surface area contributed by atoms with Gasteiger partial charge >= 0.3 is 0 Å². The van der Waals surface area contributed by atoms with Crippen molar-refractivity contribution in [2.75, 3.05) is 4.90 Å². The molecule has 20 heavy (non-hydrogen) atoms. The normalized spacial score (nSPS) is 11.3. The van der Waals surface area contributed by atoms with Crippen LogP contribution in [0.25, 0.3) is 0 Å². The number of hydrogen-bond acceptors (Lipinski definition) is 1. The lowest BCUT2D eigenvalue weighted by atomic mass is 9.86. The van der Waals surface area contributed by atoms with E-state index in [0.29, 0.717) is 0 Å². The fourth-order valence-corrected chi connectivity index (χ4v) is 3.08. The number of anilines is 2. The predicted octanol–water partition coefficient (Wildman–Crippen LogP) is 5.79. The molecule has 0 aliphatic rings. The molecule has 0 heterocycles. The van der Waals surface area contributed by atoms with Gasteiger partial charge in [-0.1, -0.05) is 57.2 Å². The van der Waals surface area contributed by atoms with Gasteiger partial charge in [-0.3, -0.25) is 0 Å². The van der Waals surface area contributed by atoms with Crippen LogP contribution in [0, 0.1) is 0 Å². The van der Waals surface area contributed by atoms with Crippen LogP contribution in [0.1, 0.15) is 40.0 Å². The van der Waals surface area contributed by atoms with E-state index in [1.165, 1.54) is 11.4 Å². The third kappa shape index (κ3) is 2.72. The summed E-state index contributed by atoms with van der Waals surface area (Å²) in [5.74, 6) is 0. The van der Waals surface area contributed by atoms with Crippen LogP contribution in [0.4, 0.5) is 11.4 Å². The van der Waals surface area contributed by atoms with Crippen molar-refractivity contribution < 1.29 is 0 Å². The average Bonchev–Trinajstić information content (AvgIpc) is 2.54. The first kappa shape index (κ1) is 14.6. The molecular weight excluding hydrogens is 242 g/mol. The standard InChI is InChI=1S/C19H25N/c1-4-19(5-2,6-3)20(17-13-9-7-10-14-17)18-15-11-8-12-16-18/h7-16H,4-6H2,1-3H3. The highest BCUT2D eigenvalue weighted by Gasteiger charge is 2.32. The monoisotopic (exact) mass is 267 g/mol. The minimum atomic E-state index is 0.183. The number of hydrogen-bond donors (Lipinski definition) is 0. The van der Waals surface area contributed by atoms with E-state index in [1.807, 2.05) is 0 Å². The van der Waals surface area contributed by atoms with Crippen LogP contribution >= 0.6 is 0 Å². The van der Waals surface area contributed by atoms with Gasteiger partial charge in [-0.25, -0.2) is 0 Å². The summed E-state index contributed by atoms with van der Waals surface area (Å²) in [6.07, 6.45) is 3.43. The Kier molecular flexibility index (Phi) is 4.84. The fourth-order valence-electron chi connectivity index (χ4n) is 3.08. The minimum absolute atomic E-state index is 0.183. The smallest absolute Gasteiger partial charge is 0.0443 e. The SMILES string of the molecule is CCC(CC)(CC)N(c1ccccc1)c1ccccc1. The first-order valence-electron chi connectivity index (χ1n) is 7.67. The van der Waals surface area contributed by atoms with Crippen LogP contribution in [0.2, 0.25) is 0 Å². The first-order chi connectivity index (χ1) is 9.77. The largest absolute Gasteiger partial charge is 0.335 e. The molecule has 2 aromatic carbocycles. The molecule has 0 N–H and O–H groups in total. The van der Waals surface area contributed by atoms with Crippen molar-refractivity contribution in [3.05, 3.63) is 60.7 Å². The second-order valence-corrected chi connectivity index (χ2v) is 5.29. The van der Waals surface area contributed by atoms with Crippen molar-refractivity contribution in [2.45, 2.75) is 45.6 Å². The Bertz CT molecular complexity index is 452. The minimum Gasteiger partial charge on any atom is -0.335 e. The third-order valence-electron chi connectivity index (χ3n) is 4.48. The molecule has 0 spiro atoms. The number of rotatable bonds is 6. The molecule has 0 aliphatic carbocycles. The summed E-state index contributed by atoms with van der Waals surface area (Å²) in [6, 6.07) is 21.5. The topological polar surface area (TPSA) is 3.24 Å². The van der Waals surface area contributed by atoms with E-state index in [1.54, 1.807) is 0 Å². The molecule has 2 rings (SSSR count). The molecule has 0 fully saturated rings. The van der Waals surface area contributed by atoms with E-state index in [-0.39, 0.29) is 5.54 Å². The summed E-state index contributed by atoms with van der Waals surface area (Å²) in [4.78, 5) is 2.52. The van der Waals surface area contributed by atoms with Crippen LogP contribution in [0.5, 0.6) is 0 Å². The molecule has 0 saturated carbocycles. The van der Waals surface area contributed by atoms with Gasteiger partial charge in [0.05, 0.1) is 0 Å². The van der Waals surface area contributed by atoms with Gasteiger partial charge in [0.25, 0.3) is 0 Å². The highest BCUT2D eigenvalue weighted by atomic mass is 15.2. The quantitative estimate of drug-likeness (QED) is 0.640. The van der Waals surface area contributed by atoms with E-state index in [0.717, 1.165) is 19.3 Å². The maximum Gasteiger partial charge on any atom is 0.0443 e. The summed E-state index contributed by atoms with van der Waals surface area (Å²) >= 11 is 0. The molecular formula is C19H25N. The van der Waals surface area contributed by atoms with E-state index < -0.39 is 0 Å². The van der Waals surface area contributed by atoms with E-state index in [2.05, 4.69) is 86.3 Å². The van der Waals surface area contributed by atoms with Crippen molar-refractivity contribution in [3.63, 3.8) is 0 Å². The molecule has 0 unspecified atom stereocenters. The summed E-state index contributed by atoms with van der Waals surface area (Å²) in [5.41, 5.74) is 2.75.